The molecule has 1 atom stereocenters. The maximum absolute atomic E-state index is 13.5. The lowest BCUT2D eigenvalue weighted by atomic mass is 9.96. The summed E-state index contributed by atoms with van der Waals surface area (Å²) in [5, 5.41) is 9.51. The first-order chi connectivity index (χ1) is 15.4. The number of phenols is 1. The van der Waals surface area contributed by atoms with Crippen LogP contribution in [0.2, 0.25) is 0 Å². The molecule has 1 aliphatic heterocycles. The molecular weight excluding hydrogens is 428 g/mol. The monoisotopic (exact) mass is 450 g/mol. The number of ether oxygens (including phenoxy) is 2. The Bertz CT molecular complexity index is 1370. The Morgan fingerprint density at radius 2 is 1.88 bits per heavy atom. The second-order valence-electron chi connectivity index (χ2n) is 7.17. The Labute approximate surface area is 188 Å². The Morgan fingerprint density at radius 3 is 2.50 bits per heavy atom. The number of fused-ring (bicyclic) bond motifs is 1. The van der Waals surface area contributed by atoms with Crippen LogP contribution in [0.3, 0.4) is 0 Å². The third-order valence-corrected chi connectivity index (χ3v) is 6.12. The van der Waals surface area contributed by atoms with E-state index in [1.807, 2.05) is 12.1 Å². The van der Waals surface area contributed by atoms with Gasteiger partial charge in [-0.1, -0.05) is 35.6 Å². The number of nitrogens with zero attached hydrogens (tertiary/aromatic N) is 2. The van der Waals surface area contributed by atoms with E-state index in [0.717, 1.165) is 11.1 Å². The largest absolute Gasteiger partial charge is 0.508 e. The van der Waals surface area contributed by atoms with Crippen LogP contribution in [0.25, 0.3) is 6.08 Å². The predicted molar refractivity (Wildman–Crippen MR) is 121 cm³/mol. The number of hydrogen-bond acceptors (Lipinski definition) is 7. The number of hydrogen-bond donors (Lipinski definition) is 1. The summed E-state index contributed by atoms with van der Waals surface area (Å²) in [5.74, 6) is 0.326. The standard InChI is InChI=1S/C24H22N2O5S/c1-4-31-23(29)20-14(2)25-24-26(21(20)16-7-11-18(30-3)12-8-16)22(28)19(32-24)13-15-5-9-17(27)10-6-15/h5-13,21,27H,4H2,1-3H3/t21-/m1/s1. The van der Waals surface area contributed by atoms with Gasteiger partial charge in [0.25, 0.3) is 5.56 Å². The summed E-state index contributed by atoms with van der Waals surface area (Å²) >= 11 is 1.25. The Morgan fingerprint density at radius 1 is 1.19 bits per heavy atom. The molecule has 0 amide bonds. The fraction of sp³-hybridized carbons (Fsp3) is 0.208. The topological polar surface area (TPSA) is 90.1 Å². The van der Waals surface area contributed by atoms with Gasteiger partial charge in [-0.3, -0.25) is 9.36 Å². The van der Waals surface area contributed by atoms with E-state index in [1.165, 1.54) is 15.9 Å². The third-order valence-electron chi connectivity index (χ3n) is 5.14. The zero-order valence-electron chi connectivity index (χ0n) is 17.9. The van der Waals surface area contributed by atoms with Crippen molar-refractivity contribution in [2.75, 3.05) is 13.7 Å². The summed E-state index contributed by atoms with van der Waals surface area (Å²) in [4.78, 5) is 31.4. The molecule has 2 heterocycles. The fourth-order valence-electron chi connectivity index (χ4n) is 3.62. The van der Waals surface area contributed by atoms with Gasteiger partial charge in [-0.05, 0) is 55.3 Å². The van der Waals surface area contributed by atoms with Crippen molar-refractivity contribution in [1.82, 2.24) is 4.57 Å². The average molecular weight is 451 g/mol. The number of benzene rings is 2. The van der Waals surface area contributed by atoms with Gasteiger partial charge in [-0.2, -0.15) is 0 Å². The molecule has 1 aromatic heterocycles. The molecule has 0 aliphatic carbocycles. The number of esters is 1. The quantitative estimate of drug-likeness (QED) is 0.604. The number of aromatic nitrogens is 1. The van der Waals surface area contributed by atoms with Gasteiger partial charge >= 0.3 is 5.97 Å². The van der Waals surface area contributed by atoms with E-state index >= 15 is 0 Å². The molecule has 0 fully saturated rings. The lowest BCUT2D eigenvalue weighted by Crippen LogP contribution is -2.39. The number of carbonyl (C=O) groups excluding carboxylic acids is 1. The van der Waals surface area contributed by atoms with Crippen LogP contribution in [-0.2, 0) is 9.53 Å². The van der Waals surface area contributed by atoms with Crippen LogP contribution >= 0.6 is 11.3 Å². The van der Waals surface area contributed by atoms with Crippen molar-refractivity contribution in [3.63, 3.8) is 0 Å². The molecule has 0 bridgehead atoms. The van der Waals surface area contributed by atoms with Gasteiger partial charge in [0.2, 0.25) is 0 Å². The second kappa shape index (κ2) is 8.84. The number of aromatic hydroxyl groups is 1. The van der Waals surface area contributed by atoms with Gasteiger partial charge < -0.3 is 14.6 Å². The SMILES string of the molecule is CCOC(=O)C1=C(C)N=c2sc(=Cc3ccc(O)cc3)c(=O)n2[C@@H]1c1ccc(OC)cc1. The van der Waals surface area contributed by atoms with Crippen LogP contribution in [0.1, 0.15) is 31.0 Å². The first-order valence-corrected chi connectivity index (χ1v) is 10.9. The van der Waals surface area contributed by atoms with E-state index in [2.05, 4.69) is 4.99 Å². The van der Waals surface area contributed by atoms with Gasteiger partial charge in [0.05, 0.1) is 35.6 Å². The molecule has 0 unspecified atom stereocenters. The van der Waals surface area contributed by atoms with E-state index in [9.17, 15) is 14.7 Å². The molecule has 0 saturated carbocycles. The highest BCUT2D eigenvalue weighted by molar-refractivity contribution is 7.07. The Hall–Kier alpha value is -3.65. The first-order valence-electron chi connectivity index (χ1n) is 10.1. The predicted octanol–water partition coefficient (Wildman–Crippen LogP) is 2.51. The molecule has 4 rings (SSSR count). The van der Waals surface area contributed by atoms with Crippen molar-refractivity contribution in [2.24, 2.45) is 4.99 Å². The van der Waals surface area contributed by atoms with E-state index < -0.39 is 12.0 Å². The lowest BCUT2D eigenvalue weighted by molar-refractivity contribution is -0.139. The van der Waals surface area contributed by atoms with Gasteiger partial charge in [-0.25, -0.2) is 9.79 Å². The molecule has 8 heteroatoms. The average Bonchev–Trinajstić information content (AvgIpc) is 3.09. The van der Waals surface area contributed by atoms with Crippen LogP contribution in [0, 0.1) is 0 Å². The minimum atomic E-state index is -0.668. The molecular formula is C24H22N2O5S. The number of thiazole rings is 1. The first kappa shape index (κ1) is 21.6. The number of allylic oxidation sites excluding steroid dienone is 1. The van der Waals surface area contributed by atoms with Gasteiger partial charge in [0.15, 0.2) is 4.80 Å². The molecule has 32 heavy (non-hydrogen) atoms. The molecule has 0 spiro atoms. The van der Waals surface area contributed by atoms with Gasteiger partial charge in [0.1, 0.15) is 11.5 Å². The van der Waals surface area contributed by atoms with Crippen LogP contribution in [0.5, 0.6) is 11.5 Å². The molecule has 3 aromatic rings. The molecule has 1 aliphatic rings. The van der Waals surface area contributed by atoms with Crippen molar-refractivity contribution in [3.8, 4) is 11.5 Å². The Kier molecular flexibility index (Phi) is 5.96. The number of phenolic OH excluding ortho intramolecular Hbond substituents is 1. The van der Waals surface area contributed by atoms with Crippen molar-refractivity contribution < 1.29 is 19.4 Å². The van der Waals surface area contributed by atoms with Crippen LogP contribution in [-0.4, -0.2) is 29.4 Å². The molecule has 2 aromatic carbocycles. The highest BCUT2D eigenvalue weighted by atomic mass is 32.1. The third kappa shape index (κ3) is 3.97. The van der Waals surface area contributed by atoms with Crippen molar-refractivity contribution >= 4 is 23.4 Å². The summed E-state index contributed by atoms with van der Waals surface area (Å²) in [7, 11) is 1.58. The molecule has 1 N–H and O–H groups in total. The van der Waals surface area contributed by atoms with Crippen molar-refractivity contribution in [1.29, 1.82) is 0 Å². The zero-order valence-corrected chi connectivity index (χ0v) is 18.7. The molecule has 0 saturated heterocycles. The van der Waals surface area contributed by atoms with E-state index in [4.69, 9.17) is 9.47 Å². The normalized spacial score (nSPS) is 15.8. The van der Waals surface area contributed by atoms with Crippen LogP contribution < -0.4 is 19.6 Å². The summed E-state index contributed by atoms with van der Waals surface area (Å²) in [5.41, 5.74) is 2.12. The molecule has 7 nitrogen and oxygen atoms in total. The number of carbonyl (C=O) groups is 1. The summed E-state index contributed by atoms with van der Waals surface area (Å²) in [6.07, 6.45) is 1.75. The molecule has 164 valence electrons. The highest BCUT2D eigenvalue weighted by Gasteiger charge is 2.33. The van der Waals surface area contributed by atoms with E-state index in [-0.39, 0.29) is 17.9 Å². The summed E-state index contributed by atoms with van der Waals surface area (Å²) in [6, 6.07) is 13.2. The van der Waals surface area contributed by atoms with Crippen molar-refractivity contribution in [3.05, 3.63) is 90.6 Å². The lowest BCUT2D eigenvalue weighted by Gasteiger charge is -2.24. The number of methoxy groups -OCH3 is 1. The highest BCUT2D eigenvalue weighted by Crippen LogP contribution is 2.31. The minimum Gasteiger partial charge on any atom is -0.508 e. The minimum absolute atomic E-state index is 0.151. The maximum atomic E-state index is 13.5. The second-order valence-corrected chi connectivity index (χ2v) is 8.18. The van der Waals surface area contributed by atoms with E-state index in [0.29, 0.717) is 26.4 Å². The zero-order chi connectivity index (χ0) is 22.8. The van der Waals surface area contributed by atoms with E-state index in [1.54, 1.807) is 63.4 Å². The maximum Gasteiger partial charge on any atom is 0.338 e. The van der Waals surface area contributed by atoms with Gasteiger partial charge in [-0.15, -0.1) is 0 Å². The van der Waals surface area contributed by atoms with Gasteiger partial charge in [0, 0.05) is 0 Å². The van der Waals surface area contributed by atoms with Crippen LogP contribution in [0.4, 0.5) is 0 Å². The smallest absolute Gasteiger partial charge is 0.338 e. The molecule has 0 radical (unpaired) electrons. The van der Waals surface area contributed by atoms with Crippen molar-refractivity contribution in [2.45, 2.75) is 19.9 Å². The Balaban J connectivity index is 1.93. The summed E-state index contributed by atoms with van der Waals surface area (Å²) < 4.78 is 12.6. The number of rotatable bonds is 5. The van der Waals surface area contributed by atoms with Crippen LogP contribution in [0.15, 0.2) is 69.6 Å². The fourth-order valence-corrected chi connectivity index (χ4v) is 4.66. The summed E-state index contributed by atoms with van der Waals surface area (Å²) in [6.45, 7) is 3.71.